The third kappa shape index (κ3) is 3.38. The van der Waals surface area contributed by atoms with Gasteiger partial charge in [-0.25, -0.2) is 0 Å². The van der Waals surface area contributed by atoms with Gasteiger partial charge in [-0.15, -0.1) is 11.8 Å². The van der Waals surface area contributed by atoms with Crippen LogP contribution in [0.1, 0.15) is 0 Å². The number of nitrogens with one attached hydrogen (secondary N) is 1. The van der Waals surface area contributed by atoms with Crippen LogP contribution in [0.5, 0.6) is 0 Å². The predicted molar refractivity (Wildman–Crippen MR) is 108 cm³/mol. The van der Waals surface area contributed by atoms with Gasteiger partial charge in [0.05, 0.1) is 0 Å². The van der Waals surface area contributed by atoms with Gasteiger partial charge in [-0.05, 0) is 29.1 Å². The standard InChI is InChI=1S/C20H17N3S2/c24-20-22-21-19(16-8-2-1-3-9-16)23(20)13-14-25-18-12-6-10-15-7-4-5-11-17(15)18/h1-12H,13-14H2,(H,22,24). The van der Waals surface area contributed by atoms with E-state index in [0.717, 1.165) is 23.7 Å². The number of aromatic nitrogens is 3. The molecule has 3 aromatic carbocycles. The third-order valence-electron chi connectivity index (χ3n) is 4.11. The second kappa shape index (κ2) is 7.25. The van der Waals surface area contributed by atoms with E-state index in [-0.39, 0.29) is 0 Å². The van der Waals surface area contributed by atoms with Crippen molar-refractivity contribution < 1.29 is 0 Å². The molecule has 1 aromatic heterocycles. The van der Waals surface area contributed by atoms with E-state index in [2.05, 4.69) is 69.4 Å². The Kier molecular flexibility index (Phi) is 4.68. The molecule has 0 unspecified atom stereocenters. The van der Waals surface area contributed by atoms with Crippen LogP contribution < -0.4 is 0 Å². The average molecular weight is 364 g/mol. The zero-order valence-corrected chi connectivity index (χ0v) is 15.2. The molecule has 0 aliphatic rings. The minimum Gasteiger partial charge on any atom is -0.299 e. The van der Waals surface area contributed by atoms with Gasteiger partial charge in [0.25, 0.3) is 0 Å². The maximum Gasteiger partial charge on any atom is 0.195 e. The second-order valence-corrected chi connectivity index (χ2v) is 7.22. The first-order valence-corrected chi connectivity index (χ1v) is 9.53. The summed E-state index contributed by atoms with van der Waals surface area (Å²) in [5, 5.41) is 9.89. The van der Waals surface area contributed by atoms with Gasteiger partial charge in [-0.1, -0.05) is 66.7 Å². The monoisotopic (exact) mass is 363 g/mol. The lowest BCUT2D eigenvalue weighted by Gasteiger charge is -2.09. The molecule has 0 aliphatic heterocycles. The van der Waals surface area contributed by atoms with Crippen molar-refractivity contribution in [1.82, 2.24) is 14.8 Å². The first-order chi connectivity index (χ1) is 12.3. The van der Waals surface area contributed by atoms with Crippen molar-refractivity contribution in [2.24, 2.45) is 0 Å². The summed E-state index contributed by atoms with van der Waals surface area (Å²) in [7, 11) is 0. The summed E-state index contributed by atoms with van der Waals surface area (Å²) in [5.74, 6) is 1.82. The van der Waals surface area contributed by atoms with Gasteiger partial charge < -0.3 is 0 Å². The average Bonchev–Trinajstić information content (AvgIpc) is 3.03. The van der Waals surface area contributed by atoms with Gasteiger partial charge in [0.1, 0.15) is 0 Å². The summed E-state index contributed by atoms with van der Waals surface area (Å²) in [4.78, 5) is 1.30. The van der Waals surface area contributed by atoms with Crippen LogP contribution in [-0.4, -0.2) is 20.5 Å². The van der Waals surface area contributed by atoms with Crippen LogP contribution in [0.25, 0.3) is 22.2 Å². The molecule has 0 spiro atoms. The molecule has 0 fully saturated rings. The molecule has 124 valence electrons. The number of hydrogen-bond acceptors (Lipinski definition) is 3. The molecular weight excluding hydrogens is 346 g/mol. The Hall–Kier alpha value is -2.37. The van der Waals surface area contributed by atoms with Gasteiger partial charge in [-0.3, -0.25) is 9.67 Å². The number of thioether (sulfide) groups is 1. The molecule has 0 amide bonds. The zero-order chi connectivity index (χ0) is 17.1. The fourth-order valence-electron chi connectivity index (χ4n) is 2.90. The molecule has 0 bridgehead atoms. The lowest BCUT2D eigenvalue weighted by Crippen LogP contribution is -2.03. The SMILES string of the molecule is S=c1[nH]nc(-c2ccccc2)n1CCSc1cccc2ccccc12. The highest BCUT2D eigenvalue weighted by molar-refractivity contribution is 7.99. The maximum atomic E-state index is 5.42. The highest BCUT2D eigenvalue weighted by Gasteiger charge is 2.09. The first kappa shape index (κ1) is 16.1. The van der Waals surface area contributed by atoms with Gasteiger partial charge in [0, 0.05) is 22.8 Å². The summed E-state index contributed by atoms with van der Waals surface area (Å²) in [6.07, 6.45) is 0. The Morgan fingerprint density at radius 2 is 1.68 bits per heavy atom. The van der Waals surface area contributed by atoms with Crippen LogP contribution in [0.15, 0.2) is 77.7 Å². The lowest BCUT2D eigenvalue weighted by atomic mass is 10.1. The van der Waals surface area contributed by atoms with Crippen LogP contribution >= 0.6 is 24.0 Å². The summed E-state index contributed by atoms with van der Waals surface area (Å²) in [6, 6.07) is 25.1. The fraction of sp³-hybridized carbons (Fsp3) is 0.100. The van der Waals surface area contributed by atoms with Crippen LogP contribution in [0.3, 0.4) is 0 Å². The van der Waals surface area contributed by atoms with Gasteiger partial charge in [0.2, 0.25) is 0 Å². The molecule has 0 atom stereocenters. The molecular formula is C20H17N3S2. The van der Waals surface area contributed by atoms with E-state index in [1.165, 1.54) is 15.7 Å². The lowest BCUT2D eigenvalue weighted by molar-refractivity contribution is 0.764. The number of H-pyrrole nitrogens is 1. The van der Waals surface area contributed by atoms with E-state index in [9.17, 15) is 0 Å². The molecule has 0 saturated heterocycles. The van der Waals surface area contributed by atoms with E-state index in [4.69, 9.17) is 12.2 Å². The fourth-order valence-corrected chi connectivity index (χ4v) is 4.13. The van der Waals surface area contributed by atoms with Crippen molar-refractivity contribution in [3.05, 3.63) is 77.6 Å². The molecule has 0 aliphatic carbocycles. The van der Waals surface area contributed by atoms with Gasteiger partial charge in [0.15, 0.2) is 10.6 Å². The molecule has 0 saturated carbocycles. The Labute approximate surface area is 155 Å². The number of aromatic amines is 1. The quantitative estimate of drug-likeness (QED) is 0.373. The largest absolute Gasteiger partial charge is 0.299 e. The molecule has 3 nitrogen and oxygen atoms in total. The van der Waals surface area contributed by atoms with Crippen LogP contribution in [-0.2, 0) is 6.54 Å². The molecule has 4 rings (SSSR count). The first-order valence-electron chi connectivity index (χ1n) is 8.14. The van der Waals surface area contributed by atoms with Crippen LogP contribution in [0.2, 0.25) is 0 Å². The number of nitrogens with zero attached hydrogens (tertiary/aromatic N) is 2. The molecule has 0 radical (unpaired) electrons. The number of hydrogen-bond donors (Lipinski definition) is 1. The van der Waals surface area contributed by atoms with E-state index in [0.29, 0.717) is 4.77 Å². The van der Waals surface area contributed by atoms with Crippen molar-refractivity contribution >= 4 is 34.8 Å². The predicted octanol–water partition coefficient (Wildman–Crippen LogP) is 5.55. The Bertz CT molecular complexity index is 1050. The Balaban J connectivity index is 1.55. The van der Waals surface area contributed by atoms with E-state index in [1.807, 2.05) is 30.0 Å². The molecule has 5 heteroatoms. The topological polar surface area (TPSA) is 33.6 Å². The molecule has 25 heavy (non-hydrogen) atoms. The normalized spacial score (nSPS) is 11.0. The minimum absolute atomic E-state index is 0.664. The maximum absolute atomic E-state index is 5.42. The number of rotatable bonds is 5. The van der Waals surface area contributed by atoms with Crippen LogP contribution in [0.4, 0.5) is 0 Å². The smallest absolute Gasteiger partial charge is 0.195 e. The highest BCUT2D eigenvalue weighted by atomic mass is 32.2. The van der Waals surface area contributed by atoms with Crippen LogP contribution in [0, 0.1) is 4.77 Å². The van der Waals surface area contributed by atoms with Crippen molar-refractivity contribution in [2.75, 3.05) is 5.75 Å². The zero-order valence-electron chi connectivity index (χ0n) is 13.6. The molecule has 1 N–H and O–H groups in total. The highest BCUT2D eigenvalue weighted by Crippen LogP contribution is 2.28. The molecule has 4 aromatic rings. The summed E-state index contributed by atoms with van der Waals surface area (Å²) in [6.45, 7) is 0.813. The van der Waals surface area contributed by atoms with E-state index in [1.54, 1.807) is 0 Å². The van der Waals surface area contributed by atoms with Crippen molar-refractivity contribution in [3.8, 4) is 11.4 Å². The minimum atomic E-state index is 0.664. The van der Waals surface area contributed by atoms with Gasteiger partial charge in [-0.2, -0.15) is 5.10 Å². The molecule has 1 heterocycles. The number of benzene rings is 3. The van der Waals surface area contributed by atoms with E-state index < -0.39 is 0 Å². The van der Waals surface area contributed by atoms with Crippen molar-refractivity contribution in [1.29, 1.82) is 0 Å². The summed E-state index contributed by atoms with van der Waals surface area (Å²) >= 11 is 7.27. The second-order valence-electron chi connectivity index (χ2n) is 5.70. The summed E-state index contributed by atoms with van der Waals surface area (Å²) < 4.78 is 2.74. The Morgan fingerprint density at radius 1 is 0.920 bits per heavy atom. The van der Waals surface area contributed by atoms with E-state index >= 15 is 0 Å². The number of fused-ring (bicyclic) bond motifs is 1. The van der Waals surface area contributed by atoms with Crippen molar-refractivity contribution in [3.63, 3.8) is 0 Å². The summed E-state index contributed by atoms with van der Waals surface area (Å²) in [5.41, 5.74) is 1.07. The van der Waals surface area contributed by atoms with Crippen molar-refractivity contribution in [2.45, 2.75) is 11.4 Å². The van der Waals surface area contributed by atoms with Gasteiger partial charge >= 0.3 is 0 Å². The third-order valence-corrected chi connectivity index (χ3v) is 5.48. The Morgan fingerprint density at radius 3 is 2.56 bits per heavy atom.